The van der Waals surface area contributed by atoms with E-state index in [1.165, 1.54) is 44.2 Å². The lowest BCUT2D eigenvalue weighted by atomic mass is 9.91. The van der Waals surface area contributed by atoms with Gasteiger partial charge >= 0.3 is 6.18 Å². The van der Waals surface area contributed by atoms with Gasteiger partial charge in [-0.25, -0.2) is 0 Å². The predicted molar refractivity (Wildman–Crippen MR) is 147 cm³/mol. The van der Waals surface area contributed by atoms with Gasteiger partial charge in [0, 0.05) is 5.92 Å². The summed E-state index contributed by atoms with van der Waals surface area (Å²) in [5, 5.41) is 0. The summed E-state index contributed by atoms with van der Waals surface area (Å²) in [7, 11) is 0. The van der Waals surface area contributed by atoms with Crippen LogP contribution in [0.2, 0.25) is 0 Å². The quantitative estimate of drug-likeness (QED) is 0.104. The van der Waals surface area contributed by atoms with E-state index in [2.05, 4.69) is 27.7 Å². The van der Waals surface area contributed by atoms with E-state index in [0.29, 0.717) is 19.8 Å². The lowest BCUT2D eigenvalue weighted by molar-refractivity contribution is -0.406. The van der Waals surface area contributed by atoms with Gasteiger partial charge in [-0.2, -0.15) is 13.2 Å². The highest BCUT2D eigenvalue weighted by Crippen LogP contribution is 2.35. The molecule has 3 nitrogen and oxygen atoms in total. The van der Waals surface area contributed by atoms with Gasteiger partial charge in [-0.05, 0) is 62.6 Å². The Morgan fingerprint density at radius 2 is 1.05 bits per heavy atom. The summed E-state index contributed by atoms with van der Waals surface area (Å²) in [5.74, 6) is -0.826. The van der Waals surface area contributed by atoms with Crippen LogP contribution >= 0.6 is 0 Å². The van der Waals surface area contributed by atoms with Crippen LogP contribution in [0.25, 0.3) is 0 Å². The largest absolute Gasteiger partial charge is 0.416 e. The number of halogens is 3. The van der Waals surface area contributed by atoms with Crippen molar-refractivity contribution in [2.24, 2.45) is 5.92 Å². The first-order valence-corrected chi connectivity index (χ1v) is 14.9. The molecule has 1 atom stereocenters. The fourth-order valence-electron chi connectivity index (χ4n) is 4.64. The second kappa shape index (κ2) is 19.9. The smallest absolute Gasteiger partial charge is 0.327 e. The highest BCUT2D eigenvalue weighted by molar-refractivity contribution is 5.24. The maximum atomic E-state index is 12.8. The number of hydrogen-bond acceptors (Lipinski definition) is 3. The van der Waals surface area contributed by atoms with Crippen molar-refractivity contribution >= 4 is 0 Å². The van der Waals surface area contributed by atoms with Crippen molar-refractivity contribution in [3.63, 3.8) is 0 Å². The maximum Gasteiger partial charge on any atom is 0.416 e. The van der Waals surface area contributed by atoms with Gasteiger partial charge in [-0.15, -0.1) is 0 Å². The molecule has 1 aromatic carbocycles. The van der Waals surface area contributed by atoms with E-state index in [-0.39, 0.29) is 5.92 Å². The van der Waals surface area contributed by atoms with Crippen molar-refractivity contribution in [2.45, 2.75) is 136 Å². The molecule has 0 fully saturated rings. The van der Waals surface area contributed by atoms with Crippen LogP contribution in [0.3, 0.4) is 0 Å². The van der Waals surface area contributed by atoms with E-state index in [1.807, 2.05) is 0 Å². The molecule has 216 valence electrons. The van der Waals surface area contributed by atoms with E-state index < -0.39 is 17.7 Å². The SMILES string of the molecule is CCCCCCCCC(CCCCCc1ccc(C(F)(F)F)cc1)C(OCCC)(OCCC)OCCC. The van der Waals surface area contributed by atoms with Gasteiger partial charge in [0.15, 0.2) is 0 Å². The third-order valence-electron chi connectivity index (χ3n) is 6.73. The topological polar surface area (TPSA) is 27.7 Å². The van der Waals surface area contributed by atoms with E-state index >= 15 is 0 Å². The first kappa shape index (κ1) is 33.9. The monoisotopic (exact) mass is 530 g/mol. The predicted octanol–water partition coefficient (Wildman–Crippen LogP) is 10.1. The molecule has 0 spiro atoms. The van der Waals surface area contributed by atoms with Gasteiger partial charge in [0.05, 0.1) is 25.4 Å². The van der Waals surface area contributed by atoms with Gasteiger partial charge < -0.3 is 14.2 Å². The average molecular weight is 531 g/mol. The number of aryl methyl sites for hydroxylation is 1. The zero-order chi connectivity index (χ0) is 27.4. The van der Waals surface area contributed by atoms with Crippen LogP contribution < -0.4 is 0 Å². The molecule has 0 amide bonds. The van der Waals surface area contributed by atoms with Crippen LogP contribution in [0.15, 0.2) is 24.3 Å². The zero-order valence-corrected chi connectivity index (χ0v) is 24.0. The first-order valence-electron chi connectivity index (χ1n) is 14.9. The number of unbranched alkanes of at least 4 members (excludes halogenated alkanes) is 7. The standard InChI is InChI=1S/C31H53F3O3/c1-5-9-10-11-12-15-18-29(31(35-24-6-2,36-25-7-3)37-26-8-4)19-16-13-14-17-27-20-22-28(23-21-27)30(32,33)34/h20-23,29H,5-19,24-26H2,1-4H3. The number of hydrogen-bond donors (Lipinski definition) is 0. The molecule has 0 heterocycles. The lowest BCUT2D eigenvalue weighted by Crippen LogP contribution is -2.47. The summed E-state index contributed by atoms with van der Waals surface area (Å²) in [6.07, 6.45) is 11.6. The molecule has 0 aromatic heterocycles. The highest BCUT2D eigenvalue weighted by atomic mass is 19.4. The second-order valence-corrected chi connectivity index (χ2v) is 10.2. The molecule has 1 unspecified atom stereocenters. The Morgan fingerprint density at radius 1 is 0.595 bits per heavy atom. The summed E-state index contributed by atoms with van der Waals surface area (Å²) in [5.41, 5.74) is 0.367. The van der Waals surface area contributed by atoms with Gasteiger partial charge in [-0.1, -0.05) is 91.2 Å². The van der Waals surface area contributed by atoms with Crippen molar-refractivity contribution < 1.29 is 27.4 Å². The van der Waals surface area contributed by atoms with Crippen molar-refractivity contribution in [3.8, 4) is 0 Å². The van der Waals surface area contributed by atoms with Gasteiger partial charge in [0.1, 0.15) is 0 Å². The molecular formula is C31H53F3O3. The average Bonchev–Trinajstić information content (AvgIpc) is 2.89. The third kappa shape index (κ3) is 14.0. The Hall–Kier alpha value is -1.11. The van der Waals surface area contributed by atoms with Crippen molar-refractivity contribution in [1.29, 1.82) is 0 Å². The fraction of sp³-hybridized carbons (Fsp3) is 0.806. The number of rotatable bonds is 23. The Morgan fingerprint density at radius 3 is 1.51 bits per heavy atom. The third-order valence-corrected chi connectivity index (χ3v) is 6.73. The minimum atomic E-state index is -4.28. The van der Waals surface area contributed by atoms with Gasteiger partial charge in [-0.3, -0.25) is 0 Å². The number of ether oxygens (including phenoxy) is 3. The molecular weight excluding hydrogens is 477 g/mol. The molecule has 0 aliphatic heterocycles. The minimum Gasteiger partial charge on any atom is -0.327 e. The minimum absolute atomic E-state index is 0.161. The van der Waals surface area contributed by atoms with Crippen LogP contribution in [-0.2, 0) is 26.8 Å². The second-order valence-electron chi connectivity index (χ2n) is 10.2. The van der Waals surface area contributed by atoms with Crippen LogP contribution in [0.4, 0.5) is 13.2 Å². The number of benzene rings is 1. The molecule has 1 aromatic rings. The Bertz CT molecular complexity index is 639. The summed E-state index contributed by atoms with van der Waals surface area (Å²) in [6.45, 7) is 10.4. The summed E-state index contributed by atoms with van der Waals surface area (Å²) in [6, 6.07) is 5.57. The van der Waals surface area contributed by atoms with Crippen LogP contribution in [0, 0.1) is 5.92 Å². The summed E-state index contributed by atoms with van der Waals surface area (Å²) in [4.78, 5) is 0. The molecule has 6 heteroatoms. The lowest BCUT2D eigenvalue weighted by Gasteiger charge is -2.40. The maximum absolute atomic E-state index is 12.8. The van der Waals surface area contributed by atoms with E-state index in [4.69, 9.17) is 14.2 Å². The molecule has 0 radical (unpaired) electrons. The Labute approximate surface area is 224 Å². The number of alkyl halides is 3. The molecule has 1 rings (SSSR count). The molecule has 0 saturated carbocycles. The fourth-order valence-corrected chi connectivity index (χ4v) is 4.64. The van der Waals surface area contributed by atoms with Gasteiger partial charge in [0.25, 0.3) is 5.97 Å². The van der Waals surface area contributed by atoms with Gasteiger partial charge in [0.2, 0.25) is 0 Å². The highest BCUT2D eigenvalue weighted by Gasteiger charge is 2.42. The Balaban J connectivity index is 2.77. The Kier molecular flexibility index (Phi) is 18.2. The van der Waals surface area contributed by atoms with E-state index in [1.54, 1.807) is 12.1 Å². The zero-order valence-electron chi connectivity index (χ0n) is 24.0. The van der Waals surface area contributed by atoms with Crippen molar-refractivity contribution in [2.75, 3.05) is 19.8 Å². The van der Waals surface area contributed by atoms with E-state index in [9.17, 15) is 13.2 Å². The van der Waals surface area contributed by atoms with Crippen molar-refractivity contribution in [3.05, 3.63) is 35.4 Å². The van der Waals surface area contributed by atoms with Crippen LogP contribution in [0.5, 0.6) is 0 Å². The molecule has 37 heavy (non-hydrogen) atoms. The normalized spacial score (nSPS) is 13.3. The molecule has 0 N–H and O–H groups in total. The molecule has 0 bridgehead atoms. The van der Waals surface area contributed by atoms with E-state index in [0.717, 1.165) is 69.8 Å². The van der Waals surface area contributed by atoms with Crippen LogP contribution in [0.1, 0.15) is 129 Å². The first-order chi connectivity index (χ1) is 17.8. The van der Waals surface area contributed by atoms with Crippen LogP contribution in [-0.4, -0.2) is 25.8 Å². The molecule has 0 aliphatic rings. The van der Waals surface area contributed by atoms with Crippen molar-refractivity contribution in [1.82, 2.24) is 0 Å². The summed E-state index contributed by atoms with van der Waals surface area (Å²) < 4.78 is 57.5. The molecule has 0 saturated heterocycles. The molecule has 0 aliphatic carbocycles. The summed E-state index contributed by atoms with van der Waals surface area (Å²) >= 11 is 0.